The minimum Gasteiger partial charge on any atom is -0.496 e. The van der Waals surface area contributed by atoms with Crippen molar-refractivity contribution in [2.75, 3.05) is 7.11 Å². The Hall–Kier alpha value is -1.07. The van der Waals surface area contributed by atoms with Gasteiger partial charge in [-0.1, -0.05) is 19.3 Å². The van der Waals surface area contributed by atoms with Crippen molar-refractivity contribution in [1.82, 2.24) is 5.43 Å². The van der Waals surface area contributed by atoms with Crippen molar-refractivity contribution in [1.29, 1.82) is 0 Å². The molecule has 0 aromatic carbocycles. The van der Waals surface area contributed by atoms with Crippen LogP contribution >= 0.6 is 11.3 Å². The van der Waals surface area contributed by atoms with Gasteiger partial charge in [0.25, 0.3) is 0 Å². The van der Waals surface area contributed by atoms with E-state index in [1.54, 1.807) is 18.4 Å². The zero-order valence-electron chi connectivity index (χ0n) is 10.1. The van der Waals surface area contributed by atoms with Gasteiger partial charge in [-0.05, 0) is 12.8 Å². The van der Waals surface area contributed by atoms with Crippen LogP contribution in [0.2, 0.25) is 0 Å². The Kier molecular flexibility index (Phi) is 4.39. The first-order valence-corrected chi connectivity index (χ1v) is 6.88. The SMILES string of the molecule is COc1csc(C(=NC2CCCCC2)NN)c1. The molecule has 4 nitrogen and oxygen atoms in total. The predicted octanol–water partition coefficient (Wildman–Crippen LogP) is 2.30. The van der Waals surface area contributed by atoms with Gasteiger partial charge in [-0.25, -0.2) is 5.84 Å². The molecule has 1 aromatic rings. The molecule has 94 valence electrons. The van der Waals surface area contributed by atoms with Crippen LogP contribution in [0, 0.1) is 0 Å². The molecule has 2 rings (SSSR count). The molecule has 1 heterocycles. The van der Waals surface area contributed by atoms with E-state index in [1.807, 2.05) is 11.4 Å². The third-order valence-corrected chi connectivity index (χ3v) is 3.98. The van der Waals surface area contributed by atoms with Crippen molar-refractivity contribution in [3.8, 4) is 5.75 Å². The number of rotatable bonds is 3. The van der Waals surface area contributed by atoms with Crippen molar-refractivity contribution in [3.05, 3.63) is 16.3 Å². The van der Waals surface area contributed by atoms with Crippen LogP contribution in [0.3, 0.4) is 0 Å². The number of hydrazine groups is 1. The summed E-state index contributed by atoms with van der Waals surface area (Å²) in [6.45, 7) is 0. The van der Waals surface area contributed by atoms with E-state index in [0.29, 0.717) is 6.04 Å². The van der Waals surface area contributed by atoms with Gasteiger partial charge in [-0.15, -0.1) is 11.3 Å². The van der Waals surface area contributed by atoms with Crippen molar-refractivity contribution in [3.63, 3.8) is 0 Å². The molecule has 1 aromatic heterocycles. The summed E-state index contributed by atoms with van der Waals surface area (Å²) in [5.41, 5.74) is 2.71. The summed E-state index contributed by atoms with van der Waals surface area (Å²) < 4.78 is 5.17. The number of methoxy groups -OCH3 is 1. The number of thiophene rings is 1. The second-order valence-corrected chi connectivity index (χ2v) is 5.18. The molecule has 0 atom stereocenters. The molecular formula is C12H19N3OS. The van der Waals surface area contributed by atoms with Crippen molar-refractivity contribution >= 4 is 17.2 Å². The smallest absolute Gasteiger partial charge is 0.153 e. The third-order valence-electron chi connectivity index (χ3n) is 3.07. The van der Waals surface area contributed by atoms with E-state index in [4.69, 9.17) is 15.6 Å². The molecule has 0 aliphatic heterocycles. The molecule has 0 radical (unpaired) electrons. The highest BCUT2D eigenvalue weighted by atomic mass is 32.1. The van der Waals surface area contributed by atoms with Crippen LogP contribution in [-0.2, 0) is 0 Å². The summed E-state index contributed by atoms with van der Waals surface area (Å²) in [6.07, 6.45) is 6.24. The first-order valence-electron chi connectivity index (χ1n) is 6.01. The molecule has 1 aliphatic carbocycles. The number of hydrogen-bond acceptors (Lipinski definition) is 4. The first-order chi connectivity index (χ1) is 8.33. The van der Waals surface area contributed by atoms with Crippen LogP contribution < -0.4 is 16.0 Å². The molecule has 0 spiro atoms. The minimum atomic E-state index is 0.419. The van der Waals surface area contributed by atoms with Gasteiger partial charge in [0.2, 0.25) is 0 Å². The molecule has 0 unspecified atom stereocenters. The van der Waals surface area contributed by atoms with Crippen molar-refractivity contribution in [2.45, 2.75) is 38.1 Å². The van der Waals surface area contributed by atoms with Gasteiger partial charge in [0, 0.05) is 11.4 Å². The van der Waals surface area contributed by atoms with E-state index >= 15 is 0 Å². The third kappa shape index (κ3) is 3.20. The quantitative estimate of drug-likeness (QED) is 0.376. The van der Waals surface area contributed by atoms with Crippen LogP contribution in [0.1, 0.15) is 37.0 Å². The van der Waals surface area contributed by atoms with E-state index in [1.165, 1.54) is 32.1 Å². The topological polar surface area (TPSA) is 59.6 Å². The Morgan fingerprint density at radius 2 is 2.24 bits per heavy atom. The molecular weight excluding hydrogens is 234 g/mol. The van der Waals surface area contributed by atoms with E-state index in [9.17, 15) is 0 Å². The molecule has 1 aliphatic rings. The van der Waals surface area contributed by atoms with Gasteiger partial charge in [-0.3, -0.25) is 4.99 Å². The number of nitrogens with two attached hydrogens (primary N) is 1. The number of nitrogens with zero attached hydrogens (tertiary/aromatic N) is 1. The van der Waals surface area contributed by atoms with Crippen LogP contribution in [-0.4, -0.2) is 19.0 Å². The van der Waals surface area contributed by atoms with Crippen molar-refractivity contribution < 1.29 is 4.74 Å². The van der Waals surface area contributed by atoms with E-state index in [-0.39, 0.29) is 0 Å². The fraction of sp³-hybridized carbons (Fsp3) is 0.583. The number of aliphatic imine (C=N–C) groups is 1. The summed E-state index contributed by atoms with van der Waals surface area (Å²) in [6, 6.07) is 2.38. The zero-order chi connectivity index (χ0) is 12.1. The van der Waals surface area contributed by atoms with E-state index in [2.05, 4.69) is 5.43 Å². The Balaban J connectivity index is 2.11. The average molecular weight is 253 g/mol. The number of hydrogen-bond donors (Lipinski definition) is 2. The second kappa shape index (κ2) is 6.02. The highest BCUT2D eigenvalue weighted by Crippen LogP contribution is 2.24. The molecule has 17 heavy (non-hydrogen) atoms. The summed E-state index contributed by atoms with van der Waals surface area (Å²) in [5, 5.41) is 1.96. The Bertz CT molecular complexity index is 383. The fourth-order valence-corrected chi connectivity index (χ4v) is 2.93. The number of amidine groups is 1. The highest BCUT2D eigenvalue weighted by molar-refractivity contribution is 7.12. The standard InChI is InChI=1S/C12H19N3OS/c1-16-10-7-11(17-8-10)12(15-13)14-9-5-3-2-4-6-9/h7-9H,2-6,13H2,1H3,(H,14,15). The van der Waals surface area contributed by atoms with Gasteiger partial charge in [0.05, 0.1) is 18.0 Å². The lowest BCUT2D eigenvalue weighted by Crippen LogP contribution is -2.32. The zero-order valence-corrected chi connectivity index (χ0v) is 10.9. The van der Waals surface area contributed by atoms with Gasteiger partial charge in [-0.2, -0.15) is 0 Å². The van der Waals surface area contributed by atoms with Crippen LogP contribution in [0.4, 0.5) is 0 Å². The average Bonchev–Trinajstić information content (AvgIpc) is 2.86. The van der Waals surface area contributed by atoms with Crippen LogP contribution in [0.5, 0.6) is 5.75 Å². The fourth-order valence-electron chi connectivity index (χ4n) is 2.11. The molecule has 5 heteroatoms. The minimum absolute atomic E-state index is 0.419. The maximum atomic E-state index is 5.56. The maximum absolute atomic E-state index is 5.56. The van der Waals surface area contributed by atoms with Gasteiger partial charge < -0.3 is 10.2 Å². The molecule has 0 amide bonds. The normalized spacial score (nSPS) is 18.1. The first kappa shape index (κ1) is 12.4. The van der Waals surface area contributed by atoms with Crippen LogP contribution in [0.25, 0.3) is 0 Å². The second-order valence-electron chi connectivity index (χ2n) is 4.26. The molecule has 1 saturated carbocycles. The van der Waals surface area contributed by atoms with Crippen LogP contribution in [0.15, 0.2) is 16.4 Å². The lowest BCUT2D eigenvalue weighted by atomic mass is 9.96. The number of ether oxygens (including phenoxy) is 1. The summed E-state index contributed by atoms with van der Waals surface area (Å²) >= 11 is 1.60. The lowest BCUT2D eigenvalue weighted by Gasteiger charge is -2.18. The largest absolute Gasteiger partial charge is 0.496 e. The summed E-state index contributed by atoms with van der Waals surface area (Å²) in [7, 11) is 1.67. The maximum Gasteiger partial charge on any atom is 0.153 e. The van der Waals surface area contributed by atoms with Gasteiger partial charge in [0.15, 0.2) is 5.84 Å². The lowest BCUT2D eigenvalue weighted by molar-refractivity contribution is 0.416. The Morgan fingerprint density at radius 1 is 1.47 bits per heavy atom. The highest BCUT2D eigenvalue weighted by Gasteiger charge is 2.14. The summed E-state index contributed by atoms with van der Waals surface area (Å²) in [5.74, 6) is 7.20. The predicted molar refractivity (Wildman–Crippen MR) is 71.6 cm³/mol. The van der Waals surface area contributed by atoms with Gasteiger partial charge in [0.1, 0.15) is 5.75 Å². The monoisotopic (exact) mass is 253 g/mol. The van der Waals surface area contributed by atoms with E-state index < -0.39 is 0 Å². The van der Waals surface area contributed by atoms with E-state index in [0.717, 1.165) is 16.5 Å². The number of nitrogens with one attached hydrogen (secondary N) is 1. The molecule has 0 bridgehead atoms. The van der Waals surface area contributed by atoms with Gasteiger partial charge >= 0.3 is 0 Å². The Labute approximate surface area is 106 Å². The molecule has 3 N–H and O–H groups in total. The van der Waals surface area contributed by atoms with Crippen molar-refractivity contribution in [2.24, 2.45) is 10.8 Å². The summed E-state index contributed by atoms with van der Waals surface area (Å²) in [4.78, 5) is 5.74. The molecule has 1 fully saturated rings. The Morgan fingerprint density at radius 3 is 2.82 bits per heavy atom. The molecule has 0 saturated heterocycles.